The standard InChI is InChI=1S/C60H39NO/c1-2-13-42(14-3-1)53-25-12-26-56-57-38-46(31-36-59(57)62-60(53)56)45-19-10-18-44(37-45)40-27-32-48(33-28-40)61(58-39-47-16-5-7-21-52(47)54-22-8-9-23-55(54)58)49-34-29-43(30-35-49)51-24-11-17-41-15-4-6-20-50(41)51/h1-39H. The van der Waals surface area contributed by atoms with E-state index in [1.165, 1.54) is 49.0 Å². The van der Waals surface area contributed by atoms with Crippen LogP contribution in [0, 0.1) is 0 Å². The predicted octanol–water partition coefficient (Wildman–Crippen LogP) is 17.2. The van der Waals surface area contributed by atoms with Crippen LogP contribution in [-0.4, -0.2) is 0 Å². The van der Waals surface area contributed by atoms with Gasteiger partial charge >= 0.3 is 0 Å². The minimum absolute atomic E-state index is 0.894. The minimum Gasteiger partial charge on any atom is -0.455 e. The Morgan fingerprint density at radius 2 is 0.790 bits per heavy atom. The van der Waals surface area contributed by atoms with Crippen molar-refractivity contribution < 1.29 is 4.42 Å². The molecule has 0 aliphatic heterocycles. The number of furan rings is 1. The fourth-order valence-corrected chi connectivity index (χ4v) is 9.42. The second-order valence-corrected chi connectivity index (χ2v) is 16.1. The summed E-state index contributed by atoms with van der Waals surface area (Å²) in [4.78, 5) is 2.41. The third-order valence-corrected chi connectivity index (χ3v) is 12.4. The molecule has 62 heavy (non-hydrogen) atoms. The van der Waals surface area contributed by atoms with Crippen molar-refractivity contribution >= 4 is 71.3 Å². The van der Waals surface area contributed by atoms with Crippen LogP contribution < -0.4 is 4.90 Å². The predicted molar refractivity (Wildman–Crippen MR) is 263 cm³/mol. The number of nitrogens with zero attached hydrogens (tertiary/aromatic N) is 1. The van der Waals surface area contributed by atoms with Crippen molar-refractivity contribution in [3.63, 3.8) is 0 Å². The van der Waals surface area contributed by atoms with Crippen molar-refractivity contribution in [1.82, 2.24) is 0 Å². The van der Waals surface area contributed by atoms with Gasteiger partial charge in [0.05, 0.1) is 5.69 Å². The van der Waals surface area contributed by atoms with Gasteiger partial charge in [0.25, 0.3) is 0 Å². The molecule has 11 aromatic carbocycles. The highest BCUT2D eigenvalue weighted by Crippen LogP contribution is 2.44. The first-order valence-electron chi connectivity index (χ1n) is 21.2. The fourth-order valence-electron chi connectivity index (χ4n) is 9.42. The molecular weight excluding hydrogens is 751 g/mol. The van der Waals surface area contributed by atoms with Crippen LogP contribution in [0.5, 0.6) is 0 Å². The molecule has 290 valence electrons. The second-order valence-electron chi connectivity index (χ2n) is 16.1. The van der Waals surface area contributed by atoms with Crippen molar-refractivity contribution in [2.75, 3.05) is 4.90 Å². The summed E-state index contributed by atoms with van der Waals surface area (Å²) in [5.41, 5.74) is 14.5. The molecular formula is C60H39NO. The van der Waals surface area contributed by atoms with Gasteiger partial charge < -0.3 is 9.32 Å². The van der Waals surface area contributed by atoms with Gasteiger partial charge in [0.2, 0.25) is 0 Å². The van der Waals surface area contributed by atoms with E-state index < -0.39 is 0 Å². The number of fused-ring (bicyclic) bond motifs is 7. The molecule has 12 rings (SSSR count). The van der Waals surface area contributed by atoms with Crippen LogP contribution in [-0.2, 0) is 0 Å². The van der Waals surface area contributed by atoms with Crippen LogP contribution in [0.1, 0.15) is 0 Å². The number of hydrogen-bond acceptors (Lipinski definition) is 2. The van der Waals surface area contributed by atoms with E-state index in [9.17, 15) is 0 Å². The van der Waals surface area contributed by atoms with Crippen molar-refractivity contribution in [3.8, 4) is 44.5 Å². The highest BCUT2D eigenvalue weighted by Gasteiger charge is 2.19. The van der Waals surface area contributed by atoms with Crippen LogP contribution in [0.25, 0.3) is 98.8 Å². The molecule has 0 amide bonds. The van der Waals surface area contributed by atoms with E-state index in [1.54, 1.807) is 0 Å². The lowest BCUT2D eigenvalue weighted by Gasteiger charge is -2.28. The monoisotopic (exact) mass is 789 g/mol. The third kappa shape index (κ3) is 6.12. The normalized spacial score (nSPS) is 11.5. The molecule has 0 aliphatic carbocycles. The molecule has 0 atom stereocenters. The van der Waals surface area contributed by atoms with Crippen molar-refractivity contribution in [2.45, 2.75) is 0 Å². The zero-order valence-corrected chi connectivity index (χ0v) is 33.9. The Kier molecular flexibility index (Phi) is 8.53. The first-order valence-corrected chi connectivity index (χ1v) is 21.2. The fraction of sp³-hybridized carbons (Fsp3) is 0. The largest absolute Gasteiger partial charge is 0.455 e. The Balaban J connectivity index is 0.935. The van der Waals surface area contributed by atoms with Gasteiger partial charge in [-0.2, -0.15) is 0 Å². The third-order valence-electron chi connectivity index (χ3n) is 12.4. The average molecular weight is 790 g/mol. The summed E-state index contributed by atoms with van der Waals surface area (Å²) >= 11 is 0. The minimum atomic E-state index is 0.894. The molecule has 0 radical (unpaired) electrons. The molecule has 0 bridgehead atoms. The van der Waals surface area contributed by atoms with Gasteiger partial charge in [-0.3, -0.25) is 0 Å². The Labute approximate surface area is 360 Å². The molecule has 0 unspecified atom stereocenters. The maximum Gasteiger partial charge on any atom is 0.143 e. The molecule has 0 fully saturated rings. The van der Waals surface area contributed by atoms with Crippen molar-refractivity contribution in [1.29, 1.82) is 0 Å². The summed E-state index contributed by atoms with van der Waals surface area (Å²) in [6, 6.07) is 85.4. The van der Waals surface area contributed by atoms with E-state index in [-0.39, 0.29) is 0 Å². The smallest absolute Gasteiger partial charge is 0.143 e. The number of benzene rings is 11. The van der Waals surface area contributed by atoms with Gasteiger partial charge in [-0.25, -0.2) is 0 Å². The van der Waals surface area contributed by atoms with E-state index >= 15 is 0 Å². The zero-order chi connectivity index (χ0) is 41.0. The molecule has 2 nitrogen and oxygen atoms in total. The van der Waals surface area contributed by atoms with Crippen molar-refractivity contribution in [2.24, 2.45) is 0 Å². The Bertz CT molecular complexity index is 3610. The molecule has 12 aromatic rings. The summed E-state index contributed by atoms with van der Waals surface area (Å²) < 4.78 is 6.50. The van der Waals surface area contributed by atoms with E-state index in [4.69, 9.17) is 4.42 Å². The van der Waals surface area contributed by atoms with Crippen LogP contribution in [0.3, 0.4) is 0 Å². The molecule has 0 aliphatic rings. The number of hydrogen-bond donors (Lipinski definition) is 0. The topological polar surface area (TPSA) is 16.4 Å². The number of rotatable bonds is 7. The lowest BCUT2D eigenvalue weighted by atomic mass is 9.96. The lowest BCUT2D eigenvalue weighted by molar-refractivity contribution is 0.670. The number of para-hydroxylation sites is 1. The van der Waals surface area contributed by atoms with Crippen LogP contribution >= 0.6 is 0 Å². The summed E-state index contributed by atoms with van der Waals surface area (Å²) in [6.07, 6.45) is 0. The van der Waals surface area contributed by atoms with Gasteiger partial charge in [-0.15, -0.1) is 0 Å². The summed E-state index contributed by atoms with van der Waals surface area (Å²) in [5.74, 6) is 0. The Morgan fingerprint density at radius 3 is 1.58 bits per heavy atom. The molecule has 1 heterocycles. The first kappa shape index (κ1) is 35.7. The quantitative estimate of drug-likeness (QED) is 0.150. The number of anilines is 3. The highest BCUT2D eigenvalue weighted by atomic mass is 16.3. The first-order chi connectivity index (χ1) is 30.7. The van der Waals surface area contributed by atoms with Gasteiger partial charge in [-0.05, 0) is 114 Å². The van der Waals surface area contributed by atoms with E-state index in [2.05, 4.69) is 235 Å². The van der Waals surface area contributed by atoms with Crippen LogP contribution in [0.15, 0.2) is 241 Å². The molecule has 0 N–H and O–H groups in total. The van der Waals surface area contributed by atoms with E-state index in [0.29, 0.717) is 0 Å². The maximum atomic E-state index is 6.50. The van der Waals surface area contributed by atoms with Crippen LogP contribution in [0.2, 0.25) is 0 Å². The lowest BCUT2D eigenvalue weighted by Crippen LogP contribution is -2.10. The van der Waals surface area contributed by atoms with Crippen LogP contribution in [0.4, 0.5) is 17.1 Å². The van der Waals surface area contributed by atoms with Gasteiger partial charge in [0, 0.05) is 33.1 Å². The zero-order valence-electron chi connectivity index (χ0n) is 33.9. The Morgan fingerprint density at radius 1 is 0.274 bits per heavy atom. The molecule has 0 spiro atoms. The molecule has 0 saturated heterocycles. The maximum absolute atomic E-state index is 6.50. The Hall–Kier alpha value is -8.20. The SMILES string of the molecule is c1ccc(-c2cccc3c2oc2ccc(-c4cccc(-c5ccc(N(c6ccc(-c7cccc8ccccc78)cc6)c6cc7ccccc7c7ccccc67)cc5)c4)cc23)cc1. The van der Waals surface area contributed by atoms with E-state index in [0.717, 1.165) is 66.8 Å². The summed E-state index contributed by atoms with van der Waals surface area (Å²) in [5, 5.41) is 9.67. The summed E-state index contributed by atoms with van der Waals surface area (Å²) in [6.45, 7) is 0. The van der Waals surface area contributed by atoms with Gasteiger partial charge in [0.1, 0.15) is 11.2 Å². The van der Waals surface area contributed by atoms with E-state index in [1.807, 2.05) is 6.07 Å². The second kappa shape index (κ2) is 14.8. The molecule has 1 aromatic heterocycles. The average Bonchev–Trinajstić information content (AvgIpc) is 3.73. The summed E-state index contributed by atoms with van der Waals surface area (Å²) in [7, 11) is 0. The van der Waals surface area contributed by atoms with Gasteiger partial charge in [-0.1, -0.05) is 188 Å². The van der Waals surface area contributed by atoms with Gasteiger partial charge in [0.15, 0.2) is 0 Å². The highest BCUT2D eigenvalue weighted by molar-refractivity contribution is 6.15. The van der Waals surface area contributed by atoms with Crippen molar-refractivity contribution in [3.05, 3.63) is 237 Å². The molecule has 2 heteroatoms. The molecule has 0 saturated carbocycles.